The van der Waals surface area contributed by atoms with E-state index in [1.165, 1.54) is 0 Å². The van der Waals surface area contributed by atoms with Gasteiger partial charge in [0, 0.05) is 45.0 Å². The van der Waals surface area contributed by atoms with Crippen LogP contribution in [0.4, 0.5) is 0 Å². The lowest BCUT2D eigenvalue weighted by Gasteiger charge is -2.31. The van der Waals surface area contributed by atoms with Crippen molar-refractivity contribution >= 4 is 29.5 Å². The van der Waals surface area contributed by atoms with Crippen LogP contribution in [-0.4, -0.2) is 97.4 Å². The highest BCUT2D eigenvalue weighted by molar-refractivity contribution is 6.01. The number of unbranched alkanes of at least 4 members (excludes halogenated alkanes) is 1. The van der Waals surface area contributed by atoms with Gasteiger partial charge in [0.05, 0.1) is 18.5 Å². The van der Waals surface area contributed by atoms with E-state index in [-0.39, 0.29) is 48.9 Å². The SMILES string of the molecule is CCCCN1CCOc2ccccc2C(=O)N[C@H](C(=O)NCc2ccc(C(=O)N(C)C3CCOCC3)cc2)CC(=O)N[C@@H](CC(C)C)C1=O. The molecule has 2 aromatic carbocycles. The lowest BCUT2D eigenvalue weighted by molar-refractivity contribution is -0.137. The van der Waals surface area contributed by atoms with Crippen molar-refractivity contribution in [2.24, 2.45) is 5.92 Å². The maximum atomic E-state index is 13.7. The summed E-state index contributed by atoms with van der Waals surface area (Å²) < 4.78 is 11.4. The van der Waals surface area contributed by atoms with Crippen LogP contribution in [0.15, 0.2) is 48.5 Å². The van der Waals surface area contributed by atoms with E-state index >= 15 is 0 Å². The quantitative estimate of drug-likeness (QED) is 0.350. The summed E-state index contributed by atoms with van der Waals surface area (Å²) in [5, 5.41) is 8.40. The van der Waals surface area contributed by atoms with Gasteiger partial charge in [0.15, 0.2) is 0 Å². The highest BCUT2D eigenvalue weighted by Gasteiger charge is 2.31. The van der Waals surface area contributed by atoms with Crippen molar-refractivity contribution in [2.75, 3.05) is 40.0 Å². The van der Waals surface area contributed by atoms with Crippen LogP contribution in [-0.2, 0) is 25.7 Å². The minimum Gasteiger partial charge on any atom is -0.491 e. The Kier molecular flexibility index (Phi) is 14.0. The van der Waals surface area contributed by atoms with Gasteiger partial charge in [-0.3, -0.25) is 24.0 Å². The van der Waals surface area contributed by atoms with Crippen LogP contribution in [0.1, 0.15) is 85.6 Å². The number of benzene rings is 2. The van der Waals surface area contributed by atoms with Gasteiger partial charge in [-0.2, -0.15) is 0 Å². The smallest absolute Gasteiger partial charge is 0.255 e. The van der Waals surface area contributed by atoms with E-state index < -0.39 is 29.8 Å². The molecule has 1 saturated heterocycles. The van der Waals surface area contributed by atoms with Crippen LogP contribution in [0, 0.1) is 5.92 Å². The van der Waals surface area contributed by atoms with Crippen molar-refractivity contribution in [3.8, 4) is 5.75 Å². The van der Waals surface area contributed by atoms with Crippen LogP contribution in [0.3, 0.4) is 0 Å². The molecule has 49 heavy (non-hydrogen) atoms. The van der Waals surface area contributed by atoms with Crippen molar-refractivity contribution in [1.82, 2.24) is 25.8 Å². The number of fused-ring (bicyclic) bond motifs is 1. The van der Waals surface area contributed by atoms with Gasteiger partial charge in [0.25, 0.3) is 11.8 Å². The standard InChI is InChI=1S/C37H51N5O7/c1-5-6-17-42-18-21-49-32-10-8-7-9-29(32)34(44)40-30(23-33(43)39-31(37(42)47)22-25(2)3)35(45)38-24-26-11-13-27(14-12-26)36(46)41(4)28-15-19-48-20-16-28/h7-14,25,28,30-31H,5-6,15-24H2,1-4H3,(H,38,45)(H,39,43)(H,40,44)/t30-,31-/m0/s1. The van der Waals surface area contributed by atoms with E-state index in [1.54, 1.807) is 65.4 Å². The largest absolute Gasteiger partial charge is 0.491 e. The molecule has 4 rings (SSSR count). The Labute approximate surface area is 289 Å². The zero-order valence-electron chi connectivity index (χ0n) is 29.2. The van der Waals surface area contributed by atoms with Crippen LogP contribution in [0.5, 0.6) is 5.75 Å². The Morgan fingerprint density at radius 3 is 2.41 bits per heavy atom. The van der Waals surface area contributed by atoms with E-state index in [0.717, 1.165) is 31.2 Å². The summed E-state index contributed by atoms with van der Waals surface area (Å²) in [6.45, 7) is 8.35. The lowest BCUT2D eigenvalue weighted by atomic mass is 10.0. The summed E-state index contributed by atoms with van der Waals surface area (Å²) in [6.07, 6.45) is 3.33. The van der Waals surface area contributed by atoms with Crippen molar-refractivity contribution in [1.29, 1.82) is 0 Å². The van der Waals surface area contributed by atoms with Crippen molar-refractivity contribution < 1.29 is 33.4 Å². The first-order chi connectivity index (χ1) is 23.6. The second-order valence-electron chi connectivity index (χ2n) is 13.2. The van der Waals surface area contributed by atoms with Gasteiger partial charge in [-0.25, -0.2) is 0 Å². The average molecular weight is 678 g/mol. The van der Waals surface area contributed by atoms with E-state index in [4.69, 9.17) is 9.47 Å². The van der Waals surface area contributed by atoms with Crippen molar-refractivity contribution in [2.45, 2.75) is 84.0 Å². The maximum Gasteiger partial charge on any atom is 0.255 e. The Morgan fingerprint density at radius 2 is 1.71 bits per heavy atom. The number of nitrogens with zero attached hydrogens (tertiary/aromatic N) is 2. The molecule has 0 bridgehead atoms. The number of hydrogen-bond acceptors (Lipinski definition) is 7. The molecule has 5 amide bonds. The number of carbonyl (C=O) groups is 5. The highest BCUT2D eigenvalue weighted by atomic mass is 16.5. The Hall–Kier alpha value is -4.45. The molecule has 2 aliphatic heterocycles. The molecule has 12 heteroatoms. The van der Waals surface area contributed by atoms with E-state index in [0.29, 0.717) is 44.0 Å². The molecule has 1 fully saturated rings. The fourth-order valence-electron chi connectivity index (χ4n) is 6.04. The summed E-state index contributed by atoms with van der Waals surface area (Å²) in [5.41, 5.74) is 1.50. The van der Waals surface area contributed by atoms with Gasteiger partial charge in [-0.05, 0) is 61.4 Å². The molecule has 0 aromatic heterocycles. The molecule has 2 heterocycles. The summed E-state index contributed by atoms with van der Waals surface area (Å²) in [5.74, 6) is -1.49. The first-order valence-electron chi connectivity index (χ1n) is 17.4. The van der Waals surface area contributed by atoms with Gasteiger partial charge < -0.3 is 35.2 Å². The zero-order valence-corrected chi connectivity index (χ0v) is 29.2. The van der Waals surface area contributed by atoms with E-state index in [1.807, 2.05) is 20.8 Å². The van der Waals surface area contributed by atoms with E-state index in [9.17, 15) is 24.0 Å². The van der Waals surface area contributed by atoms with Gasteiger partial charge in [-0.15, -0.1) is 0 Å². The number of ether oxygens (including phenoxy) is 2. The summed E-state index contributed by atoms with van der Waals surface area (Å²) >= 11 is 0. The third-order valence-corrected chi connectivity index (χ3v) is 8.92. The molecule has 12 nitrogen and oxygen atoms in total. The Bertz CT molecular complexity index is 1440. The average Bonchev–Trinajstić information content (AvgIpc) is 3.10. The van der Waals surface area contributed by atoms with Crippen LogP contribution in [0.2, 0.25) is 0 Å². The zero-order chi connectivity index (χ0) is 35.3. The fourth-order valence-corrected chi connectivity index (χ4v) is 6.04. The predicted octanol–water partition coefficient (Wildman–Crippen LogP) is 3.29. The molecule has 0 spiro atoms. The predicted molar refractivity (Wildman–Crippen MR) is 185 cm³/mol. The lowest BCUT2D eigenvalue weighted by Crippen LogP contribution is -2.53. The Morgan fingerprint density at radius 1 is 1.00 bits per heavy atom. The Balaban J connectivity index is 1.50. The topological polar surface area (TPSA) is 146 Å². The first kappa shape index (κ1) is 37.4. The molecule has 0 saturated carbocycles. The van der Waals surface area contributed by atoms with Crippen LogP contribution in [0.25, 0.3) is 0 Å². The highest BCUT2D eigenvalue weighted by Crippen LogP contribution is 2.20. The van der Waals surface area contributed by atoms with Gasteiger partial charge in [0.1, 0.15) is 24.4 Å². The molecule has 0 aliphatic carbocycles. The fraction of sp³-hybridized carbons (Fsp3) is 0.541. The van der Waals surface area contributed by atoms with Crippen molar-refractivity contribution in [3.05, 3.63) is 65.2 Å². The van der Waals surface area contributed by atoms with Crippen LogP contribution >= 0.6 is 0 Å². The number of rotatable bonds is 10. The minimum atomic E-state index is -1.23. The number of carbonyl (C=O) groups excluding carboxylic acids is 5. The molecule has 2 aromatic rings. The molecular weight excluding hydrogens is 626 g/mol. The van der Waals surface area contributed by atoms with Gasteiger partial charge >= 0.3 is 0 Å². The number of hydrogen-bond donors (Lipinski definition) is 3. The van der Waals surface area contributed by atoms with Gasteiger partial charge in [-0.1, -0.05) is 51.5 Å². The normalized spacial score (nSPS) is 19.6. The van der Waals surface area contributed by atoms with Crippen LogP contribution < -0.4 is 20.7 Å². The number of nitrogens with one attached hydrogen (secondary N) is 3. The van der Waals surface area contributed by atoms with Gasteiger partial charge in [0.2, 0.25) is 17.7 Å². The second kappa shape index (κ2) is 18.4. The first-order valence-corrected chi connectivity index (χ1v) is 17.4. The van der Waals surface area contributed by atoms with E-state index in [2.05, 4.69) is 16.0 Å². The second-order valence-corrected chi connectivity index (χ2v) is 13.2. The molecule has 3 N–H and O–H groups in total. The minimum absolute atomic E-state index is 0.0806. The molecule has 0 unspecified atom stereocenters. The third-order valence-electron chi connectivity index (χ3n) is 8.92. The molecule has 2 atom stereocenters. The molecular formula is C37H51N5O7. The number of amides is 5. The maximum absolute atomic E-state index is 13.7. The molecule has 2 aliphatic rings. The monoisotopic (exact) mass is 677 g/mol. The van der Waals surface area contributed by atoms with Crippen molar-refractivity contribution in [3.63, 3.8) is 0 Å². The third kappa shape index (κ3) is 10.8. The summed E-state index contributed by atoms with van der Waals surface area (Å²) in [4.78, 5) is 70.8. The molecule has 0 radical (unpaired) electrons. The number of para-hydroxylation sites is 1. The summed E-state index contributed by atoms with van der Waals surface area (Å²) in [7, 11) is 1.80. The molecule has 266 valence electrons. The summed E-state index contributed by atoms with van der Waals surface area (Å²) in [6, 6.07) is 11.8.